The number of rotatable bonds is 14. The molecular formula is C22H36O10S2. The molecule has 0 heterocycles. The van der Waals surface area contributed by atoms with Crippen LogP contribution in [0.2, 0.25) is 0 Å². The fourth-order valence-electron chi connectivity index (χ4n) is 2.86. The Morgan fingerprint density at radius 2 is 0.941 bits per heavy atom. The van der Waals surface area contributed by atoms with Gasteiger partial charge in [0.15, 0.2) is 24.4 Å². The van der Waals surface area contributed by atoms with Crippen molar-refractivity contribution in [1.82, 2.24) is 0 Å². The van der Waals surface area contributed by atoms with Gasteiger partial charge in [-0.15, -0.1) is 23.5 Å². The molecule has 0 saturated carbocycles. The molecule has 0 aliphatic rings. The first kappa shape index (κ1) is 32.0. The van der Waals surface area contributed by atoms with Crippen molar-refractivity contribution in [2.24, 2.45) is 0 Å². The highest BCUT2D eigenvalue weighted by molar-refractivity contribution is 8.17. The molecule has 0 rings (SSSR count). The number of ether oxygens (including phenoxy) is 5. The zero-order valence-corrected chi connectivity index (χ0v) is 22.8. The van der Waals surface area contributed by atoms with Crippen LogP contribution in [0.1, 0.15) is 62.3 Å². The summed E-state index contributed by atoms with van der Waals surface area (Å²) < 4.78 is 26.4. The Labute approximate surface area is 209 Å². The molecule has 196 valence electrons. The van der Waals surface area contributed by atoms with E-state index in [0.29, 0.717) is 0 Å². The molecule has 0 bridgehead atoms. The molecule has 0 aromatic rings. The maximum Gasteiger partial charge on any atom is 0.303 e. The van der Waals surface area contributed by atoms with Gasteiger partial charge < -0.3 is 23.7 Å². The Kier molecular flexibility index (Phi) is 14.9. The summed E-state index contributed by atoms with van der Waals surface area (Å²) in [7, 11) is 0. The van der Waals surface area contributed by atoms with Gasteiger partial charge in [0.05, 0.1) is 4.58 Å². The smallest absolute Gasteiger partial charge is 0.303 e. The van der Waals surface area contributed by atoms with Crippen LogP contribution < -0.4 is 0 Å². The molecule has 0 aliphatic carbocycles. The average Bonchev–Trinajstić information content (AvgIpc) is 2.64. The normalized spacial score (nSPS) is 14.7. The first-order valence-electron chi connectivity index (χ1n) is 10.8. The highest BCUT2D eigenvalue weighted by Gasteiger charge is 2.47. The Bertz CT molecular complexity index is 700. The fourth-order valence-corrected chi connectivity index (χ4v) is 6.25. The molecule has 0 amide bonds. The average molecular weight is 525 g/mol. The predicted molar refractivity (Wildman–Crippen MR) is 128 cm³/mol. The van der Waals surface area contributed by atoms with E-state index in [1.165, 1.54) is 30.4 Å². The molecule has 0 unspecified atom stereocenters. The van der Waals surface area contributed by atoms with E-state index in [1.807, 2.05) is 27.7 Å². The van der Waals surface area contributed by atoms with Crippen molar-refractivity contribution in [2.75, 3.05) is 6.61 Å². The second-order valence-corrected chi connectivity index (χ2v) is 11.7. The molecule has 0 spiro atoms. The van der Waals surface area contributed by atoms with Gasteiger partial charge in [0.1, 0.15) is 6.61 Å². The van der Waals surface area contributed by atoms with E-state index >= 15 is 0 Å². The molecule has 10 nitrogen and oxygen atoms in total. The van der Waals surface area contributed by atoms with E-state index < -0.39 is 65.5 Å². The van der Waals surface area contributed by atoms with Crippen molar-refractivity contribution >= 4 is 53.4 Å². The minimum Gasteiger partial charge on any atom is -0.462 e. The summed E-state index contributed by atoms with van der Waals surface area (Å²) in [5.74, 6) is -3.57. The van der Waals surface area contributed by atoms with Gasteiger partial charge in [-0.1, -0.05) is 27.7 Å². The third-order valence-corrected chi connectivity index (χ3v) is 6.60. The molecule has 0 fully saturated rings. The molecule has 0 saturated heterocycles. The van der Waals surface area contributed by atoms with Crippen molar-refractivity contribution in [3.05, 3.63) is 0 Å². The van der Waals surface area contributed by atoms with Crippen LogP contribution in [0.3, 0.4) is 0 Å². The van der Waals surface area contributed by atoms with Crippen molar-refractivity contribution in [3.8, 4) is 0 Å². The van der Waals surface area contributed by atoms with Gasteiger partial charge in [-0.3, -0.25) is 24.0 Å². The number of carbonyl (C=O) groups excluding carboxylic acids is 5. The van der Waals surface area contributed by atoms with E-state index in [1.54, 1.807) is 0 Å². The van der Waals surface area contributed by atoms with Crippen molar-refractivity contribution < 1.29 is 47.7 Å². The van der Waals surface area contributed by atoms with Crippen LogP contribution >= 0.6 is 23.5 Å². The quantitative estimate of drug-likeness (QED) is 0.188. The van der Waals surface area contributed by atoms with Crippen LogP contribution in [-0.4, -0.2) is 76.0 Å². The van der Waals surface area contributed by atoms with Crippen molar-refractivity contribution in [1.29, 1.82) is 0 Å². The van der Waals surface area contributed by atoms with Gasteiger partial charge in [-0.2, -0.15) is 0 Å². The summed E-state index contributed by atoms with van der Waals surface area (Å²) in [5, 5.41) is 0.203. The SMILES string of the molecule is CC(=O)OC[C@@H](OC(C)=O)[C@H](OC(C)=O)[C@H](OC(C)=O)[C@@H](OC(C)=O)C(SC(C)C)SC(C)C. The van der Waals surface area contributed by atoms with Crippen LogP contribution in [0.25, 0.3) is 0 Å². The third kappa shape index (κ3) is 13.7. The molecule has 34 heavy (non-hydrogen) atoms. The Morgan fingerprint density at radius 3 is 1.29 bits per heavy atom. The lowest BCUT2D eigenvalue weighted by Crippen LogP contribution is -2.55. The number of esters is 5. The number of carbonyl (C=O) groups is 5. The summed E-state index contributed by atoms with van der Waals surface area (Å²) in [5.41, 5.74) is 0. The summed E-state index contributed by atoms with van der Waals surface area (Å²) in [6.45, 7) is 13.1. The van der Waals surface area contributed by atoms with Gasteiger partial charge in [0.2, 0.25) is 0 Å². The first-order chi connectivity index (χ1) is 15.6. The lowest BCUT2D eigenvalue weighted by Gasteiger charge is -2.38. The van der Waals surface area contributed by atoms with Gasteiger partial charge in [-0.25, -0.2) is 0 Å². The van der Waals surface area contributed by atoms with E-state index in [4.69, 9.17) is 23.7 Å². The van der Waals surface area contributed by atoms with E-state index in [0.717, 1.165) is 27.7 Å². The number of hydrogen-bond acceptors (Lipinski definition) is 12. The molecule has 0 aromatic carbocycles. The predicted octanol–water partition coefficient (Wildman–Crippen LogP) is 2.89. The highest BCUT2D eigenvalue weighted by Crippen LogP contribution is 2.38. The minimum absolute atomic E-state index is 0.102. The van der Waals surface area contributed by atoms with Crippen LogP contribution in [0.15, 0.2) is 0 Å². The lowest BCUT2D eigenvalue weighted by molar-refractivity contribution is -0.201. The molecule has 0 aromatic heterocycles. The molecule has 0 radical (unpaired) electrons. The topological polar surface area (TPSA) is 132 Å². The maximum atomic E-state index is 12.1. The molecule has 4 atom stereocenters. The number of thioether (sulfide) groups is 2. The van der Waals surface area contributed by atoms with E-state index in [2.05, 4.69) is 0 Å². The Morgan fingerprint density at radius 1 is 0.559 bits per heavy atom. The van der Waals surface area contributed by atoms with Crippen LogP contribution in [0.5, 0.6) is 0 Å². The van der Waals surface area contributed by atoms with Gasteiger partial charge in [0, 0.05) is 45.1 Å². The van der Waals surface area contributed by atoms with E-state index in [9.17, 15) is 24.0 Å². The molecule has 12 heteroatoms. The largest absolute Gasteiger partial charge is 0.462 e. The molecule has 0 aliphatic heterocycles. The lowest BCUT2D eigenvalue weighted by atomic mass is 10.0. The summed E-state index contributed by atoms with van der Waals surface area (Å²) in [6.07, 6.45) is -5.23. The molecular weight excluding hydrogens is 488 g/mol. The first-order valence-corrected chi connectivity index (χ1v) is 12.7. The minimum atomic E-state index is -1.43. The standard InChI is InChI=1S/C22H36O10S2/c1-11(2)33-22(34-12(3)4)21(32-17(9)27)20(31-16(8)26)19(30-15(7)25)18(29-14(6)24)10-28-13(5)23/h11-12,18-22H,10H2,1-9H3/t18-,19+,20+,21-/m1/s1. The summed E-state index contributed by atoms with van der Waals surface area (Å²) in [4.78, 5) is 59.4. The second-order valence-electron chi connectivity index (χ2n) is 7.91. The van der Waals surface area contributed by atoms with Gasteiger partial charge in [-0.05, 0) is 0 Å². The number of hydrogen-bond donors (Lipinski definition) is 0. The van der Waals surface area contributed by atoms with Crippen LogP contribution in [0.4, 0.5) is 0 Å². The zero-order chi connectivity index (χ0) is 26.6. The summed E-state index contributed by atoms with van der Waals surface area (Å²) >= 11 is 2.95. The van der Waals surface area contributed by atoms with Gasteiger partial charge >= 0.3 is 29.8 Å². The van der Waals surface area contributed by atoms with Crippen molar-refractivity contribution in [3.63, 3.8) is 0 Å². The Hall–Kier alpha value is -1.95. The van der Waals surface area contributed by atoms with Crippen LogP contribution in [0, 0.1) is 0 Å². The second kappa shape index (κ2) is 15.9. The highest BCUT2D eigenvalue weighted by atomic mass is 32.2. The molecule has 0 N–H and O–H groups in total. The monoisotopic (exact) mass is 524 g/mol. The maximum absolute atomic E-state index is 12.1. The fraction of sp³-hybridized carbons (Fsp3) is 0.773. The van der Waals surface area contributed by atoms with Crippen LogP contribution in [-0.2, 0) is 47.7 Å². The third-order valence-electron chi connectivity index (χ3n) is 3.77. The van der Waals surface area contributed by atoms with Gasteiger partial charge in [0.25, 0.3) is 0 Å². The zero-order valence-electron chi connectivity index (χ0n) is 21.1. The van der Waals surface area contributed by atoms with E-state index in [-0.39, 0.29) is 10.5 Å². The summed E-state index contributed by atoms with van der Waals surface area (Å²) in [6, 6.07) is 0. The Balaban J connectivity index is 6.70. The van der Waals surface area contributed by atoms with Crippen molar-refractivity contribution in [2.45, 2.75) is 102 Å².